The highest BCUT2D eigenvalue weighted by atomic mass is 16.4. The molecule has 3 heteroatoms. The molecule has 1 aliphatic rings. The molecule has 20 heavy (non-hydrogen) atoms. The van der Waals surface area contributed by atoms with Gasteiger partial charge in [-0.25, -0.2) is 4.79 Å². The highest BCUT2D eigenvalue weighted by Gasteiger charge is 2.23. The molecule has 0 aromatic heterocycles. The molecular weight excluding hydrogens is 250 g/mol. The van der Waals surface area contributed by atoms with Crippen molar-refractivity contribution in [3.05, 3.63) is 41.5 Å². The summed E-state index contributed by atoms with van der Waals surface area (Å²) in [5, 5.41) is 8.67. The monoisotopic (exact) mass is 273 g/mol. The third-order valence-corrected chi connectivity index (χ3v) is 3.53. The zero-order chi connectivity index (χ0) is 14.4. The molecule has 1 N–H and O–H groups in total. The Morgan fingerprint density at radius 3 is 2.90 bits per heavy atom. The lowest BCUT2D eigenvalue weighted by Crippen LogP contribution is -2.26. The van der Waals surface area contributed by atoms with Crippen LogP contribution in [-0.4, -0.2) is 29.1 Å². The molecule has 0 spiro atoms. The highest BCUT2D eigenvalue weighted by molar-refractivity contribution is 5.85. The number of aliphatic carboxylic acids is 1. The zero-order valence-electron chi connectivity index (χ0n) is 12.1. The number of carbonyl (C=O) groups is 1. The second kappa shape index (κ2) is 7.25. The van der Waals surface area contributed by atoms with Crippen molar-refractivity contribution in [3.8, 4) is 0 Å². The quantitative estimate of drug-likeness (QED) is 0.738. The molecule has 1 aromatic rings. The largest absolute Gasteiger partial charge is 0.478 e. The minimum Gasteiger partial charge on any atom is -0.478 e. The van der Waals surface area contributed by atoms with Crippen molar-refractivity contribution in [2.45, 2.75) is 32.7 Å². The van der Waals surface area contributed by atoms with Gasteiger partial charge < -0.3 is 5.11 Å². The molecule has 1 fully saturated rings. The summed E-state index contributed by atoms with van der Waals surface area (Å²) in [6, 6.07) is 8.13. The molecule has 1 aromatic carbocycles. The Morgan fingerprint density at radius 2 is 2.25 bits per heavy atom. The van der Waals surface area contributed by atoms with Crippen molar-refractivity contribution >= 4 is 12.0 Å². The summed E-state index contributed by atoms with van der Waals surface area (Å²) in [6.45, 7) is 5.50. The maximum absolute atomic E-state index is 10.6. The number of hydrogen-bond donors (Lipinski definition) is 1. The predicted molar refractivity (Wildman–Crippen MR) is 81.4 cm³/mol. The summed E-state index contributed by atoms with van der Waals surface area (Å²) in [7, 11) is 0. The van der Waals surface area contributed by atoms with Gasteiger partial charge in [0.1, 0.15) is 0 Å². The molecule has 0 amide bonds. The van der Waals surface area contributed by atoms with Crippen LogP contribution >= 0.6 is 0 Å². The highest BCUT2D eigenvalue weighted by Crippen LogP contribution is 2.30. The Morgan fingerprint density at radius 1 is 1.45 bits per heavy atom. The van der Waals surface area contributed by atoms with E-state index in [2.05, 4.69) is 24.0 Å². The van der Waals surface area contributed by atoms with Crippen LogP contribution in [0.4, 0.5) is 0 Å². The normalized spacial score (nSPS) is 15.1. The van der Waals surface area contributed by atoms with Crippen LogP contribution in [0.3, 0.4) is 0 Å². The fourth-order valence-electron chi connectivity index (χ4n) is 2.44. The van der Waals surface area contributed by atoms with E-state index >= 15 is 0 Å². The number of hydrogen-bond acceptors (Lipinski definition) is 2. The smallest absolute Gasteiger partial charge is 0.328 e. The van der Waals surface area contributed by atoms with Crippen molar-refractivity contribution in [1.29, 1.82) is 0 Å². The van der Waals surface area contributed by atoms with Crippen molar-refractivity contribution in [2.75, 3.05) is 13.1 Å². The third kappa shape index (κ3) is 5.17. The van der Waals surface area contributed by atoms with E-state index in [0.29, 0.717) is 0 Å². The molecule has 0 heterocycles. The zero-order valence-corrected chi connectivity index (χ0v) is 12.1. The first-order valence-electron chi connectivity index (χ1n) is 7.39. The summed E-state index contributed by atoms with van der Waals surface area (Å²) in [5.74, 6) is -0.00613. The van der Waals surface area contributed by atoms with E-state index in [1.807, 2.05) is 12.1 Å². The lowest BCUT2D eigenvalue weighted by atomic mass is 10.1. The maximum Gasteiger partial charge on any atom is 0.328 e. The molecule has 0 bridgehead atoms. The molecule has 0 aliphatic heterocycles. The number of benzene rings is 1. The summed E-state index contributed by atoms with van der Waals surface area (Å²) in [4.78, 5) is 13.1. The Kier molecular flexibility index (Phi) is 5.36. The van der Waals surface area contributed by atoms with Crippen LogP contribution in [0, 0.1) is 5.92 Å². The molecule has 0 unspecified atom stereocenters. The van der Waals surface area contributed by atoms with E-state index in [1.165, 1.54) is 37.4 Å². The van der Waals surface area contributed by atoms with Gasteiger partial charge in [0.15, 0.2) is 0 Å². The first-order chi connectivity index (χ1) is 9.67. The van der Waals surface area contributed by atoms with Crippen LogP contribution in [-0.2, 0) is 11.3 Å². The molecule has 0 radical (unpaired) electrons. The number of rotatable bonds is 8. The van der Waals surface area contributed by atoms with Crippen LogP contribution in [0.5, 0.6) is 0 Å². The van der Waals surface area contributed by atoms with Gasteiger partial charge in [-0.1, -0.05) is 31.2 Å². The first kappa shape index (κ1) is 14.8. The lowest BCUT2D eigenvalue weighted by molar-refractivity contribution is -0.131. The Bertz CT molecular complexity index is 478. The minimum atomic E-state index is -0.906. The van der Waals surface area contributed by atoms with E-state index in [4.69, 9.17) is 5.11 Å². The molecule has 2 rings (SSSR count). The third-order valence-electron chi connectivity index (χ3n) is 3.53. The number of carboxylic acid groups (broad SMARTS) is 1. The van der Waals surface area contributed by atoms with Crippen molar-refractivity contribution in [1.82, 2.24) is 4.90 Å². The second-order valence-electron chi connectivity index (χ2n) is 5.60. The molecular formula is C17H23NO2. The molecule has 3 nitrogen and oxygen atoms in total. The summed E-state index contributed by atoms with van der Waals surface area (Å²) < 4.78 is 0. The second-order valence-corrected chi connectivity index (χ2v) is 5.60. The Labute approximate surface area is 120 Å². The van der Waals surface area contributed by atoms with Gasteiger partial charge in [-0.2, -0.15) is 0 Å². The maximum atomic E-state index is 10.6. The Balaban J connectivity index is 1.99. The lowest BCUT2D eigenvalue weighted by Gasteiger charge is -2.21. The van der Waals surface area contributed by atoms with E-state index in [0.717, 1.165) is 24.6 Å². The molecule has 0 atom stereocenters. The fraction of sp³-hybridized carbons (Fsp3) is 0.471. The van der Waals surface area contributed by atoms with Gasteiger partial charge in [-0.15, -0.1) is 0 Å². The molecule has 1 aliphatic carbocycles. The van der Waals surface area contributed by atoms with Crippen LogP contribution in [0.25, 0.3) is 6.08 Å². The molecule has 0 saturated heterocycles. The van der Waals surface area contributed by atoms with E-state index < -0.39 is 5.97 Å². The number of nitrogens with zero attached hydrogens (tertiary/aromatic N) is 1. The van der Waals surface area contributed by atoms with Crippen LogP contribution in [0.15, 0.2) is 30.3 Å². The summed E-state index contributed by atoms with van der Waals surface area (Å²) >= 11 is 0. The summed E-state index contributed by atoms with van der Waals surface area (Å²) in [6.07, 6.45) is 6.76. The molecule has 1 saturated carbocycles. The summed E-state index contributed by atoms with van der Waals surface area (Å²) in [5.41, 5.74) is 2.21. The standard InChI is InChI=1S/C17H23NO2/c1-2-10-18(12-15-6-7-15)13-16-5-3-4-14(11-16)8-9-17(19)20/h3-5,8-9,11,15H,2,6-7,10,12-13H2,1H3,(H,19,20). The van der Waals surface area contributed by atoms with Gasteiger partial charge in [0, 0.05) is 19.2 Å². The van der Waals surface area contributed by atoms with Crippen molar-refractivity contribution in [3.63, 3.8) is 0 Å². The topological polar surface area (TPSA) is 40.5 Å². The first-order valence-corrected chi connectivity index (χ1v) is 7.39. The van der Waals surface area contributed by atoms with E-state index in [1.54, 1.807) is 6.08 Å². The average Bonchev–Trinajstić information content (AvgIpc) is 3.21. The van der Waals surface area contributed by atoms with Crippen LogP contribution < -0.4 is 0 Å². The SMILES string of the molecule is CCCN(Cc1cccc(C=CC(=O)O)c1)CC1CC1. The van der Waals surface area contributed by atoms with Crippen LogP contribution in [0.1, 0.15) is 37.3 Å². The van der Waals surface area contributed by atoms with Crippen LogP contribution in [0.2, 0.25) is 0 Å². The number of carboxylic acids is 1. The van der Waals surface area contributed by atoms with Crippen molar-refractivity contribution < 1.29 is 9.90 Å². The van der Waals surface area contributed by atoms with Gasteiger partial charge in [-0.3, -0.25) is 4.90 Å². The van der Waals surface area contributed by atoms with Gasteiger partial charge in [0.25, 0.3) is 0 Å². The van der Waals surface area contributed by atoms with Gasteiger partial charge >= 0.3 is 5.97 Å². The van der Waals surface area contributed by atoms with E-state index in [-0.39, 0.29) is 0 Å². The average molecular weight is 273 g/mol. The minimum absolute atomic E-state index is 0.900. The predicted octanol–water partition coefficient (Wildman–Crippen LogP) is 3.41. The van der Waals surface area contributed by atoms with E-state index in [9.17, 15) is 4.79 Å². The fourth-order valence-corrected chi connectivity index (χ4v) is 2.44. The van der Waals surface area contributed by atoms with Gasteiger partial charge in [0.2, 0.25) is 0 Å². The van der Waals surface area contributed by atoms with Crippen molar-refractivity contribution in [2.24, 2.45) is 5.92 Å². The van der Waals surface area contributed by atoms with Gasteiger partial charge in [0.05, 0.1) is 0 Å². The molecule has 108 valence electrons. The van der Waals surface area contributed by atoms with Gasteiger partial charge in [-0.05, 0) is 48.9 Å². The Hall–Kier alpha value is -1.61.